The highest BCUT2D eigenvalue weighted by atomic mass is 16.5. The number of carbonyl (C=O) groups excluding carboxylic acids is 1. The highest BCUT2D eigenvalue weighted by Crippen LogP contribution is 2.21. The first-order chi connectivity index (χ1) is 12.8. The average Bonchev–Trinajstić information content (AvgIpc) is 3.03. The van der Waals surface area contributed by atoms with Crippen molar-refractivity contribution in [3.8, 4) is 11.1 Å². The Morgan fingerprint density at radius 1 is 0.769 bits per heavy atom. The van der Waals surface area contributed by atoms with Crippen LogP contribution in [0.25, 0.3) is 17.2 Å². The summed E-state index contributed by atoms with van der Waals surface area (Å²) in [4.78, 5) is 16.4. The van der Waals surface area contributed by atoms with Gasteiger partial charge in [0.1, 0.15) is 0 Å². The lowest BCUT2D eigenvalue weighted by Crippen LogP contribution is -2.20. The summed E-state index contributed by atoms with van der Waals surface area (Å²) in [5.41, 5.74) is 3.88. The molecule has 4 heteroatoms. The summed E-state index contributed by atoms with van der Waals surface area (Å²) >= 11 is 0. The van der Waals surface area contributed by atoms with E-state index in [2.05, 4.69) is 22.4 Å². The number of hydrogen-bond donors (Lipinski definition) is 1. The molecule has 1 saturated heterocycles. The summed E-state index contributed by atoms with van der Waals surface area (Å²) in [5.74, 6) is -0.0704. The Labute approximate surface area is 151 Å². The van der Waals surface area contributed by atoms with Crippen LogP contribution in [0.3, 0.4) is 0 Å². The van der Waals surface area contributed by atoms with Crippen molar-refractivity contribution in [2.75, 3.05) is 0 Å². The molecule has 3 aromatic carbocycles. The minimum Gasteiger partial charge on any atom is -0.420 e. The van der Waals surface area contributed by atoms with Gasteiger partial charge in [0.05, 0.1) is 5.69 Å². The predicted octanol–water partition coefficient (Wildman–Crippen LogP) is 4.53. The summed E-state index contributed by atoms with van der Waals surface area (Å²) in [5, 5.41) is 2.63. The molecule has 0 unspecified atom stereocenters. The molecule has 0 aromatic heterocycles. The van der Waals surface area contributed by atoms with Gasteiger partial charge >= 0.3 is 6.02 Å². The SMILES string of the molecule is O=C1NC(=Nc2ccccc2)O/C1=C/c1ccc(-c2ccccc2)cc1. The second-order valence-corrected chi connectivity index (χ2v) is 5.81. The number of amidine groups is 1. The molecule has 1 amide bonds. The van der Waals surface area contributed by atoms with Gasteiger partial charge in [0.25, 0.3) is 5.91 Å². The van der Waals surface area contributed by atoms with Crippen molar-refractivity contribution in [1.82, 2.24) is 5.32 Å². The number of ether oxygens (including phenoxy) is 1. The molecule has 0 saturated carbocycles. The topological polar surface area (TPSA) is 50.7 Å². The Bertz CT molecular complexity index is 976. The van der Waals surface area contributed by atoms with Gasteiger partial charge in [0.15, 0.2) is 5.76 Å². The molecule has 0 aliphatic carbocycles. The molecule has 26 heavy (non-hydrogen) atoms. The van der Waals surface area contributed by atoms with Crippen molar-refractivity contribution in [3.63, 3.8) is 0 Å². The van der Waals surface area contributed by atoms with E-state index >= 15 is 0 Å². The lowest BCUT2D eigenvalue weighted by atomic mass is 10.0. The fourth-order valence-corrected chi connectivity index (χ4v) is 2.65. The van der Waals surface area contributed by atoms with Gasteiger partial charge in [-0.15, -0.1) is 0 Å². The lowest BCUT2D eigenvalue weighted by Gasteiger charge is -2.02. The van der Waals surface area contributed by atoms with Crippen molar-refractivity contribution in [2.45, 2.75) is 0 Å². The molecular formula is C22H16N2O2. The summed E-state index contributed by atoms with van der Waals surface area (Å²) in [7, 11) is 0. The monoisotopic (exact) mass is 340 g/mol. The average molecular weight is 340 g/mol. The van der Waals surface area contributed by atoms with Gasteiger partial charge in [-0.3, -0.25) is 10.1 Å². The number of rotatable bonds is 3. The summed E-state index contributed by atoms with van der Waals surface area (Å²) in [6, 6.07) is 27.6. The molecule has 1 aliphatic rings. The number of hydrogen-bond acceptors (Lipinski definition) is 3. The fraction of sp³-hybridized carbons (Fsp3) is 0. The minimum atomic E-state index is -0.299. The maximum Gasteiger partial charge on any atom is 0.302 e. The summed E-state index contributed by atoms with van der Waals surface area (Å²) < 4.78 is 5.55. The smallest absolute Gasteiger partial charge is 0.302 e. The van der Waals surface area contributed by atoms with E-state index in [1.165, 1.54) is 0 Å². The van der Waals surface area contributed by atoms with Crippen LogP contribution in [-0.2, 0) is 9.53 Å². The van der Waals surface area contributed by atoms with Crippen LogP contribution >= 0.6 is 0 Å². The molecule has 1 fully saturated rings. The molecule has 0 atom stereocenters. The standard InChI is InChI=1S/C22H16N2O2/c25-21-20(26-22(24-21)23-19-9-5-2-6-10-19)15-16-11-13-18(14-12-16)17-7-3-1-4-8-17/h1-15H,(H,23,24,25)/b20-15+. The lowest BCUT2D eigenvalue weighted by molar-refractivity contribution is -0.116. The third-order valence-corrected chi connectivity index (χ3v) is 3.95. The second-order valence-electron chi connectivity index (χ2n) is 5.81. The highest BCUT2D eigenvalue weighted by Gasteiger charge is 2.24. The minimum absolute atomic E-state index is 0.188. The first kappa shape index (κ1) is 15.8. The summed E-state index contributed by atoms with van der Waals surface area (Å²) in [6.07, 6.45) is 1.71. The third-order valence-electron chi connectivity index (χ3n) is 3.95. The number of carbonyl (C=O) groups is 1. The number of benzene rings is 3. The molecule has 1 N–H and O–H groups in total. The Hall–Kier alpha value is -3.66. The number of para-hydroxylation sites is 1. The zero-order valence-corrected chi connectivity index (χ0v) is 13.9. The first-order valence-electron chi connectivity index (χ1n) is 8.28. The van der Waals surface area contributed by atoms with E-state index in [9.17, 15) is 4.79 Å². The second kappa shape index (κ2) is 7.07. The van der Waals surface area contributed by atoms with Gasteiger partial charge in [-0.1, -0.05) is 72.8 Å². The molecule has 1 aliphatic heterocycles. The normalized spacial score (nSPS) is 16.5. The number of nitrogens with zero attached hydrogens (tertiary/aromatic N) is 1. The predicted molar refractivity (Wildman–Crippen MR) is 103 cm³/mol. The largest absolute Gasteiger partial charge is 0.420 e. The van der Waals surface area contributed by atoms with Gasteiger partial charge in [-0.2, -0.15) is 4.99 Å². The van der Waals surface area contributed by atoms with Crippen LogP contribution in [0.15, 0.2) is 95.7 Å². The van der Waals surface area contributed by atoms with E-state index in [1.807, 2.05) is 72.8 Å². The Morgan fingerprint density at radius 2 is 1.38 bits per heavy atom. The molecule has 126 valence electrons. The van der Waals surface area contributed by atoms with Crippen molar-refractivity contribution >= 4 is 23.7 Å². The van der Waals surface area contributed by atoms with Gasteiger partial charge in [-0.05, 0) is 34.9 Å². The van der Waals surface area contributed by atoms with E-state index in [1.54, 1.807) is 6.08 Å². The van der Waals surface area contributed by atoms with Crippen molar-refractivity contribution in [3.05, 3.63) is 96.3 Å². The van der Waals surface area contributed by atoms with Crippen LogP contribution in [0.4, 0.5) is 5.69 Å². The Balaban J connectivity index is 1.53. The molecule has 1 heterocycles. The third kappa shape index (κ3) is 3.54. The van der Waals surface area contributed by atoms with Crippen molar-refractivity contribution in [1.29, 1.82) is 0 Å². The summed E-state index contributed by atoms with van der Waals surface area (Å²) in [6.45, 7) is 0. The zero-order chi connectivity index (χ0) is 17.8. The first-order valence-corrected chi connectivity index (χ1v) is 8.28. The number of amides is 1. The van der Waals surface area contributed by atoms with Crippen LogP contribution in [0.2, 0.25) is 0 Å². The maximum absolute atomic E-state index is 12.1. The van der Waals surface area contributed by atoms with E-state index in [0.29, 0.717) is 0 Å². The molecule has 0 bridgehead atoms. The zero-order valence-electron chi connectivity index (χ0n) is 13.9. The molecule has 0 spiro atoms. The van der Waals surface area contributed by atoms with Gasteiger partial charge in [0, 0.05) is 0 Å². The van der Waals surface area contributed by atoms with Crippen molar-refractivity contribution in [2.24, 2.45) is 4.99 Å². The van der Waals surface area contributed by atoms with Crippen LogP contribution in [-0.4, -0.2) is 11.9 Å². The molecular weight excluding hydrogens is 324 g/mol. The van der Waals surface area contributed by atoms with Crippen LogP contribution in [0.5, 0.6) is 0 Å². The van der Waals surface area contributed by atoms with E-state index in [-0.39, 0.29) is 17.7 Å². The van der Waals surface area contributed by atoms with Gasteiger partial charge in [-0.25, -0.2) is 0 Å². The van der Waals surface area contributed by atoms with E-state index in [0.717, 1.165) is 22.4 Å². The Morgan fingerprint density at radius 3 is 2.08 bits per heavy atom. The van der Waals surface area contributed by atoms with E-state index < -0.39 is 0 Å². The molecule has 4 rings (SSSR count). The molecule has 0 radical (unpaired) electrons. The van der Waals surface area contributed by atoms with Crippen LogP contribution in [0.1, 0.15) is 5.56 Å². The highest BCUT2D eigenvalue weighted by molar-refractivity contribution is 6.11. The van der Waals surface area contributed by atoms with Crippen molar-refractivity contribution < 1.29 is 9.53 Å². The van der Waals surface area contributed by atoms with Gasteiger partial charge in [0.2, 0.25) is 0 Å². The number of nitrogens with one attached hydrogen (secondary N) is 1. The molecule has 3 aromatic rings. The van der Waals surface area contributed by atoms with Crippen LogP contribution in [0, 0.1) is 0 Å². The molecule has 4 nitrogen and oxygen atoms in total. The van der Waals surface area contributed by atoms with Gasteiger partial charge < -0.3 is 4.74 Å². The van der Waals surface area contributed by atoms with E-state index in [4.69, 9.17) is 4.74 Å². The fourth-order valence-electron chi connectivity index (χ4n) is 2.65. The quantitative estimate of drug-likeness (QED) is 0.712. The maximum atomic E-state index is 12.1. The Kier molecular flexibility index (Phi) is 4.31. The number of aliphatic imine (C=N–C) groups is 1. The van der Waals surface area contributed by atoms with Crippen LogP contribution < -0.4 is 5.32 Å².